The predicted octanol–water partition coefficient (Wildman–Crippen LogP) is 4.58. The van der Waals surface area contributed by atoms with Crippen molar-refractivity contribution in [1.82, 2.24) is 9.38 Å². The van der Waals surface area contributed by atoms with E-state index in [4.69, 9.17) is 4.98 Å². The van der Waals surface area contributed by atoms with Gasteiger partial charge in [0.25, 0.3) is 0 Å². The first-order valence-corrected chi connectivity index (χ1v) is 9.79. The minimum absolute atomic E-state index is 0.820. The van der Waals surface area contributed by atoms with E-state index in [9.17, 15) is 0 Å². The number of imidazole rings is 1. The highest BCUT2D eigenvalue weighted by atomic mass is 32.3. The molecule has 0 spiro atoms. The number of hydrogen-bond acceptors (Lipinski definition) is 1. The molecule has 0 saturated carbocycles. The van der Waals surface area contributed by atoms with E-state index in [0.717, 1.165) is 11.4 Å². The Morgan fingerprint density at radius 1 is 0.952 bits per heavy atom. The van der Waals surface area contributed by atoms with E-state index in [2.05, 4.69) is 65.6 Å². The number of rotatable bonds is 0. The summed E-state index contributed by atoms with van der Waals surface area (Å²) in [6.07, 6.45) is 6.90. The molecule has 5 rings (SSSR count). The molecule has 3 heterocycles. The second-order valence-corrected chi connectivity index (χ2v) is 10.1. The first-order chi connectivity index (χ1) is 10.2. The number of fused-ring (bicyclic) bond motifs is 3. The van der Waals surface area contributed by atoms with E-state index in [1.807, 2.05) is 0 Å². The summed E-state index contributed by atoms with van der Waals surface area (Å²) < 4.78 is 2.42. The van der Waals surface area contributed by atoms with Gasteiger partial charge in [0.2, 0.25) is 0 Å². The van der Waals surface area contributed by atoms with Crippen molar-refractivity contribution in [1.29, 1.82) is 0 Å². The van der Waals surface area contributed by atoms with Crippen LogP contribution in [0, 0.1) is 0 Å². The van der Waals surface area contributed by atoms with Gasteiger partial charge in [0, 0.05) is 16.5 Å². The van der Waals surface area contributed by atoms with Gasteiger partial charge in [-0.25, -0.2) is 4.98 Å². The molecular weight excluding hydrogens is 276 g/mol. The third-order valence-corrected chi connectivity index (χ3v) is 7.07. The third kappa shape index (κ3) is 1.32. The fourth-order valence-corrected chi connectivity index (χ4v) is 5.87. The van der Waals surface area contributed by atoms with E-state index in [-0.39, 0.29) is 0 Å². The largest absolute Gasteiger partial charge is 0.288 e. The smallest absolute Gasteiger partial charge is 0.146 e. The first-order valence-electron chi connectivity index (χ1n) is 7.18. The average molecular weight is 292 g/mol. The molecule has 0 saturated heterocycles. The molecule has 2 aromatic heterocycles. The van der Waals surface area contributed by atoms with Gasteiger partial charge in [-0.1, -0.05) is 42.5 Å². The van der Waals surface area contributed by atoms with Crippen LogP contribution >= 0.6 is 10.0 Å². The number of benzene rings is 2. The molecule has 0 N–H and O–H groups in total. The first kappa shape index (κ1) is 11.6. The topological polar surface area (TPSA) is 17.3 Å². The monoisotopic (exact) mass is 292 g/mol. The zero-order valence-corrected chi connectivity index (χ0v) is 12.9. The van der Waals surface area contributed by atoms with Crippen molar-refractivity contribution in [3.8, 4) is 0 Å². The molecule has 0 atom stereocenters. The van der Waals surface area contributed by atoms with Crippen LogP contribution in [0.25, 0.3) is 27.3 Å². The zero-order chi connectivity index (χ0) is 14.2. The van der Waals surface area contributed by atoms with Gasteiger partial charge in [-0.2, -0.15) is 10.0 Å². The molecule has 0 aliphatic carbocycles. The third-order valence-electron chi connectivity index (χ3n) is 4.61. The molecule has 0 amide bonds. The number of para-hydroxylation sites is 1. The molecule has 0 bridgehead atoms. The highest BCUT2D eigenvalue weighted by molar-refractivity contribution is 8.32. The number of nitrogens with zero attached hydrogens (tertiary/aromatic N) is 2. The van der Waals surface area contributed by atoms with Crippen molar-refractivity contribution in [2.45, 2.75) is 10.8 Å². The Morgan fingerprint density at radius 2 is 1.71 bits per heavy atom. The summed E-state index contributed by atoms with van der Waals surface area (Å²) in [5, 5.41) is 5.33. The fourth-order valence-electron chi connectivity index (χ4n) is 3.70. The molecule has 2 nitrogen and oxygen atoms in total. The lowest BCUT2D eigenvalue weighted by Crippen LogP contribution is -2.11. The Kier molecular flexibility index (Phi) is 2.00. The lowest BCUT2D eigenvalue weighted by atomic mass is 10.0. The maximum Gasteiger partial charge on any atom is 0.146 e. The summed E-state index contributed by atoms with van der Waals surface area (Å²) in [7, 11) is -0.820. The van der Waals surface area contributed by atoms with Gasteiger partial charge in [-0.15, -0.1) is 0 Å². The van der Waals surface area contributed by atoms with Gasteiger partial charge in [-0.3, -0.25) is 4.40 Å². The molecule has 2 aromatic carbocycles. The normalized spacial score (nSPS) is 17.8. The molecule has 0 radical (unpaired) electrons. The number of aromatic nitrogens is 2. The Balaban J connectivity index is 2.21. The Labute approximate surface area is 124 Å². The minimum Gasteiger partial charge on any atom is -0.288 e. The van der Waals surface area contributed by atoms with E-state index in [0.29, 0.717) is 0 Å². The number of pyridine rings is 1. The highest BCUT2D eigenvalue weighted by Crippen LogP contribution is 2.56. The quantitative estimate of drug-likeness (QED) is 0.434. The lowest BCUT2D eigenvalue weighted by molar-refractivity contribution is 1.06. The molecule has 0 fully saturated rings. The fraction of sp³-hybridized carbons (Fsp3) is 0.167. The highest BCUT2D eigenvalue weighted by Gasteiger charge is 2.28. The lowest BCUT2D eigenvalue weighted by Gasteiger charge is -2.35. The van der Waals surface area contributed by atoms with E-state index in [1.165, 1.54) is 32.3 Å². The van der Waals surface area contributed by atoms with Crippen LogP contribution in [0.3, 0.4) is 0 Å². The summed E-state index contributed by atoms with van der Waals surface area (Å²) in [5.41, 5.74) is 3.94. The second-order valence-electron chi connectivity index (χ2n) is 6.30. The van der Waals surface area contributed by atoms with Crippen molar-refractivity contribution in [2.75, 3.05) is 12.5 Å². The maximum atomic E-state index is 4.78. The standard InChI is InChI=1S/C18H16N2S/c1-21(2)11-12-6-5-9-14-13-7-3-4-8-15(13)18-19-10-16(21)20(18)17(12)14/h3-10H,11H2,1-2H3. The van der Waals surface area contributed by atoms with Crippen molar-refractivity contribution in [3.05, 3.63) is 54.2 Å². The maximum absolute atomic E-state index is 4.78. The summed E-state index contributed by atoms with van der Waals surface area (Å²) in [5.74, 6) is 1.16. The van der Waals surface area contributed by atoms with Gasteiger partial charge >= 0.3 is 0 Å². The molecule has 1 aliphatic rings. The van der Waals surface area contributed by atoms with Gasteiger partial charge in [0.1, 0.15) is 5.65 Å². The van der Waals surface area contributed by atoms with Gasteiger partial charge in [0.05, 0.1) is 16.7 Å². The molecule has 0 unspecified atom stereocenters. The van der Waals surface area contributed by atoms with Crippen LogP contribution in [-0.4, -0.2) is 21.9 Å². The van der Waals surface area contributed by atoms with E-state index in [1.54, 1.807) is 0 Å². The summed E-state index contributed by atoms with van der Waals surface area (Å²) >= 11 is 0. The van der Waals surface area contributed by atoms with Crippen LogP contribution in [0.1, 0.15) is 5.56 Å². The van der Waals surface area contributed by atoms with Crippen LogP contribution in [0.15, 0.2) is 53.7 Å². The molecule has 1 aliphatic heterocycles. The van der Waals surface area contributed by atoms with Crippen LogP contribution in [0.5, 0.6) is 0 Å². The van der Waals surface area contributed by atoms with Crippen molar-refractivity contribution in [3.63, 3.8) is 0 Å². The summed E-state index contributed by atoms with van der Waals surface area (Å²) in [6, 6.07) is 15.4. The Morgan fingerprint density at radius 3 is 2.57 bits per heavy atom. The van der Waals surface area contributed by atoms with Gasteiger partial charge in [-0.05, 0) is 23.5 Å². The summed E-state index contributed by atoms with van der Waals surface area (Å²) in [6.45, 7) is 0. The molecule has 21 heavy (non-hydrogen) atoms. The van der Waals surface area contributed by atoms with Gasteiger partial charge < -0.3 is 0 Å². The average Bonchev–Trinajstić information content (AvgIpc) is 2.93. The Bertz CT molecular complexity index is 1040. The summed E-state index contributed by atoms with van der Waals surface area (Å²) in [4.78, 5) is 4.78. The van der Waals surface area contributed by atoms with Gasteiger partial charge in [0.15, 0.2) is 0 Å². The second kappa shape index (κ2) is 3.60. The van der Waals surface area contributed by atoms with Crippen LogP contribution in [0.2, 0.25) is 0 Å². The van der Waals surface area contributed by atoms with E-state index < -0.39 is 10.0 Å². The molecule has 4 aromatic rings. The SMILES string of the molecule is CS1(C)Cc2cccc3c4ccccc4c4ncc1n4c23. The van der Waals surface area contributed by atoms with Crippen molar-refractivity contribution >= 4 is 37.4 Å². The van der Waals surface area contributed by atoms with Crippen LogP contribution in [-0.2, 0) is 5.75 Å². The Hall–Kier alpha value is -2.00. The molecule has 3 heteroatoms. The van der Waals surface area contributed by atoms with Crippen molar-refractivity contribution < 1.29 is 0 Å². The molecule has 104 valence electrons. The minimum atomic E-state index is -0.820. The van der Waals surface area contributed by atoms with Crippen molar-refractivity contribution in [2.24, 2.45) is 0 Å². The predicted molar refractivity (Wildman–Crippen MR) is 91.6 cm³/mol. The zero-order valence-electron chi connectivity index (χ0n) is 12.1. The molecular formula is C18H16N2S. The number of hydrogen-bond donors (Lipinski definition) is 0. The van der Waals surface area contributed by atoms with E-state index >= 15 is 0 Å². The van der Waals surface area contributed by atoms with Crippen LogP contribution in [0.4, 0.5) is 0 Å². The van der Waals surface area contributed by atoms with Crippen LogP contribution < -0.4 is 0 Å².